The van der Waals surface area contributed by atoms with E-state index in [1.165, 1.54) is 0 Å². The summed E-state index contributed by atoms with van der Waals surface area (Å²) < 4.78 is 0.929. The maximum Gasteiger partial charge on any atom is 0.208 e. The number of hydrogen-bond donors (Lipinski definition) is 0. The van der Waals surface area contributed by atoms with Crippen molar-refractivity contribution in [2.75, 3.05) is 12.3 Å². The molecular formula is C11H11IN4S. The van der Waals surface area contributed by atoms with Gasteiger partial charge in [-0.2, -0.15) is 5.26 Å². The summed E-state index contributed by atoms with van der Waals surface area (Å²) in [6.07, 6.45) is 3.76. The topological polar surface area (TPSA) is 52.3 Å². The van der Waals surface area contributed by atoms with Gasteiger partial charge < -0.3 is 4.90 Å². The molecule has 2 heterocycles. The van der Waals surface area contributed by atoms with E-state index >= 15 is 0 Å². The van der Waals surface area contributed by atoms with Crippen LogP contribution in [0.5, 0.6) is 0 Å². The van der Waals surface area contributed by atoms with Crippen LogP contribution in [-0.2, 0) is 11.0 Å². The van der Waals surface area contributed by atoms with E-state index < -0.39 is 0 Å². The van der Waals surface area contributed by atoms with Gasteiger partial charge >= 0.3 is 0 Å². The fourth-order valence-electron chi connectivity index (χ4n) is 1.57. The SMILES string of the molecule is N#C/N=C1\SCCN1Cc1ccc(CI)nc1. The van der Waals surface area contributed by atoms with Gasteiger partial charge in [-0.25, -0.2) is 0 Å². The van der Waals surface area contributed by atoms with E-state index in [0.717, 1.165) is 39.7 Å². The van der Waals surface area contributed by atoms with E-state index in [1.54, 1.807) is 11.8 Å². The summed E-state index contributed by atoms with van der Waals surface area (Å²) in [4.78, 5) is 10.3. The van der Waals surface area contributed by atoms with Crippen molar-refractivity contribution in [1.29, 1.82) is 5.26 Å². The normalized spacial score (nSPS) is 17.4. The van der Waals surface area contributed by atoms with Crippen LogP contribution >= 0.6 is 34.4 Å². The van der Waals surface area contributed by atoms with Crippen molar-refractivity contribution in [3.05, 3.63) is 29.6 Å². The maximum atomic E-state index is 8.59. The highest BCUT2D eigenvalue weighted by molar-refractivity contribution is 14.1. The van der Waals surface area contributed by atoms with Crippen molar-refractivity contribution in [2.24, 2.45) is 4.99 Å². The van der Waals surface area contributed by atoms with Gasteiger partial charge in [0.25, 0.3) is 0 Å². The van der Waals surface area contributed by atoms with Crippen LogP contribution in [-0.4, -0.2) is 27.3 Å². The lowest BCUT2D eigenvalue weighted by Crippen LogP contribution is -2.23. The zero-order valence-electron chi connectivity index (χ0n) is 9.14. The molecule has 2 rings (SSSR count). The van der Waals surface area contributed by atoms with Crippen molar-refractivity contribution in [3.63, 3.8) is 0 Å². The van der Waals surface area contributed by atoms with Gasteiger partial charge in [0, 0.05) is 29.5 Å². The molecule has 6 heteroatoms. The fourth-order valence-corrected chi connectivity index (χ4v) is 2.96. The number of nitrogens with zero attached hydrogens (tertiary/aromatic N) is 4. The third kappa shape index (κ3) is 3.33. The number of hydrogen-bond acceptors (Lipinski definition) is 4. The van der Waals surface area contributed by atoms with Crippen LogP contribution in [0.15, 0.2) is 23.3 Å². The molecule has 0 radical (unpaired) electrons. The largest absolute Gasteiger partial charge is 0.345 e. The number of pyridine rings is 1. The predicted molar refractivity (Wildman–Crippen MR) is 77.9 cm³/mol. The Morgan fingerprint density at radius 1 is 1.59 bits per heavy atom. The Labute approximate surface area is 118 Å². The van der Waals surface area contributed by atoms with Crippen molar-refractivity contribution in [1.82, 2.24) is 9.88 Å². The lowest BCUT2D eigenvalue weighted by atomic mass is 10.2. The van der Waals surface area contributed by atoms with Gasteiger partial charge in [-0.1, -0.05) is 40.4 Å². The highest BCUT2D eigenvalue weighted by atomic mass is 127. The molecule has 1 aliphatic rings. The fraction of sp³-hybridized carbons (Fsp3) is 0.364. The molecule has 1 aromatic rings. The molecule has 1 saturated heterocycles. The molecular weight excluding hydrogens is 347 g/mol. The van der Waals surface area contributed by atoms with Gasteiger partial charge in [-0.15, -0.1) is 4.99 Å². The molecule has 1 aliphatic heterocycles. The molecule has 17 heavy (non-hydrogen) atoms. The number of halogens is 1. The molecule has 0 aliphatic carbocycles. The Hall–Kier alpha value is -0.810. The second-order valence-electron chi connectivity index (χ2n) is 3.56. The number of nitriles is 1. The molecule has 1 aromatic heterocycles. The van der Waals surface area contributed by atoms with Crippen molar-refractivity contribution in [3.8, 4) is 6.19 Å². The summed E-state index contributed by atoms with van der Waals surface area (Å²) in [5, 5.41) is 9.41. The van der Waals surface area contributed by atoms with Crippen LogP contribution in [0.1, 0.15) is 11.3 Å². The van der Waals surface area contributed by atoms with E-state index in [1.807, 2.05) is 18.5 Å². The van der Waals surface area contributed by atoms with Gasteiger partial charge in [0.15, 0.2) is 5.17 Å². The number of alkyl halides is 1. The average Bonchev–Trinajstić information content (AvgIpc) is 2.78. The molecule has 0 saturated carbocycles. The lowest BCUT2D eigenvalue weighted by molar-refractivity contribution is 0.456. The number of aromatic nitrogens is 1. The Kier molecular flexibility index (Phi) is 4.62. The first kappa shape index (κ1) is 12.6. The van der Waals surface area contributed by atoms with E-state index in [9.17, 15) is 0 Å². The van der Waals surface area contributed by atoms with Crippen molar-refractivity contribution < 1.29 is 0 Å². The minimum absolute atomic E-state index is 0.780. The van der Waals surface area contributed by atoms with Gasteiger partial charge in [-0.3, -0.25) is 4.98 Å². The monoisotopic (exact) mass is 358 g/mol. The van der Waals surface area contributed by atoms with Crippen LogP contribution in [0.4, 0.5) is 0 Å². The van der Waals surface area contributed by atoms with Crippen LogP contribution in [0.2, 0.25) is 0 Å². The number of thioether (sulfide) groups is 1. The van der Waals surface area contributed by atoms with Gasteiger partial charge in [0.2, 0.25) is 6.19 Å². The molecule has 1 fully saturated rings. The maximum absolute atomic E-state index is 8.59. The first-order valence-electron chi connectivity index (χ1n) is 5.18. The highest BCUT2D eigenvalue weighted by Crippen LogP contribution is 2.20. The number of amidine groups is 1. The van der Waals surface area contributed by atoms with E-state index in [2.05, 4.69) is 43.5 Å². The summed E-state index contributed by atoms with van der Waals surface area (Å²) >= 11 is 3.93. The van der Waals surface area contributed by atoms with Crippen molar-refractivity contribution in [2.45, 2.75) is 11.0 Å². The molecule has 0 spiro atoms. The zero-order valence-corrected chi connectivity index (χ0v) is 12.1. The van der Waals surface area contributed by atoms with Crippen LogP contribution in [0.25, 0.3) is 0 Å². The Balaban J connectivity index is 2.05. The molecule has 88 valence electrons. The summed E-state index contributed by atoms with van der Waals surface area (Å²) in [6.45, 7) is 1.72. The average molecular weight is 358 g/mol. The summed E-state index contributed by atoms with van der Waals surface area (Å²) in [7, 11) is 0. The van der Waals surface area contributed by atoms with E-state index in [4.69, 9.17) is 5.26 Å². The van der Waals surface area contributed by atoms with Crippen molar-refractivity contribution >= 4 is 39.5 Å². The summed E-state index contributed by atoms with van der Waals surface area (Å²) in [5.41, 5.74) is 2.25. The molecule has 0 bridgehead atoms. The van der Waals surface area contributed by atoms with Gasteiger partial charge in [0.1, 0.15) is 0 Å². The second kappa shape index (κ2) is 6.21. The summed E-state index contributed by atoms with van der Waals surface area (Å²) in [6, 6.07) is 4.14. The highest BCUT2D eigenvalue weighted by Gasteiger charge is 2.19. The Bertz CT molecular complexity index is 452. The third-order valence-electron chi connectivity index (χ3n) is 2.40. The second-order valence-corrected chi connectivity index (χ2v) is 5.38. The minimum atomic E-state index is 0.780. The smallest absolute Gasteiger partial charge is 0.208 e. The predicted octanol–water partition coefficient (Wildman–Crippen LogP) is 2.40. The quantitative estimate of drug-likeness (QED) is 0.473. The number of rotatable bonds is 3. The molecule has 0 N–H and O–H groups in total. The summed E-state index contributed by atoms with van der Waals surface area (Å²) in [5.74, 6) is 1.000. The molecule has 0 aromatic carbocycles. The van der Waals surface area contributed by atoms with Crippen LogP contribution in [0, 0.1) is 11.5 Å². The van der Waals surface area contributed by atoms with Crippen LogP contribution in [0.3, 0.4) is 0 Å². The molecule has 0 unspecified atom stereocenters. The Morgan fingerprint density at radius 2 is 2.47 bits per heavy atom. The third-order valence-corrected chi connectivity index (χ3v) is 4.18. The minimum Gasteiger partial charge on any atom is -0.345 e. The molecule has 4 nitrogen and oxygen atoms in total. The first-order valence-corrected chi connectivity index (χ1v) is 7.69. The molecule has 0 amide bonds. The Morgan fingerprint density at radius 3 is 3.12 bits per heavy atom. The van der Waals surface area contributed by atoms with E-state index in [0.29, 0.717) is 0 Å². The number of aliphatic imine (C=N–C) groups is 1. The lowest BCUT2D eigenvalue weighted by Gasteiger charge is -2.16. The van der Waals surface area contributed by atoms with Gasteiger partial charge in [-0.05, 0) is 11.6 Å². The first-order chi connectivity index (χ1) is 8.33. The van der Waals surface area contributed by atoms with Crippen LogP contribution < -0.4 is 0 Å². The van der Waals surface area contributed by atoms with Gasteiger partial charge in [0.05, 0.1) is 5.69 Å². The van der Waals surface area contributed by atoms with E-state index in [-0.39, 0.29) is 0 Å². The standard InChI is InChI=1S/C11H11IN4S/c12-5-10-2-1-9(6-14-10)7-16-3-4-17-11(16)15-8-13/h1-2,6H,3-5,7H2/b15-11-. The zero-order chi connectivity index (χ0) is 12.1. The molecule has 0 atom stereocenters.